The molecule has 10 heteroatoms. The second kappa shape index (κ2) is 9.05. The number of piperidine rings is 1. The predicted molar refractivity (Wildman–Crippen MR) is 128 cm³/mol. The van der Waals surface area contributed by atoms with Crippen molar-refractivity contribution in [3.05, 3.63) is 53.0 Å². The molecule has 4 heterocycles. The van der Waals surface area contributed by atoms with E-state index in [1.54, 1.807) is 29.8 Å². The van der Waals surface area contributed by atoms with E-state index < -0.39 is 5.82 Å². The lowest BCUT2D eigenvalue weighted by Gasteiger charge is -2.34. The zero-order chi connectivity index (χ0) is 22.9. The van der Waals surface area contributed by atoms with Gasteiger partial charge >= 0.3 is 0 Å². The minimum Gasteiger partial charge on any atom is -0.395 e. The zero-order valence-electron chi connectivity index (χ0n) is 18.2. The Morgan fingerprint density at radius 2 is 2.12 bits per heavy atom. The summed E-state index contributed by atoms with van der Waals surface area (Å²) in [4.78, 5) is 19.5. The van der Waals surface area contributed by atoms with Crippen LogP contribution in [0.3, 0.4) is 0 Å². The molecule has 1 fully saturated rings. The maximum absolute atomic E-state index is 14.4. The topological polar surface area (TPSA) is 94.8 Å². The Balaban J connectivity index is 1.37. The van der Waals surface area contributed by atoms with Crippen LogP contribution in [-0.4, -0.2) is 57.1 Å². The molecule has 0 radical (unpaired) electrons. The second-order valence-electron chi connectivity index (χ2n) is 8.29. The van der Waals surface area contributed by atoms with Crippen LogP contribution in [0.5, 0.6) is 0 Å². The summed E-state index contributed by atoms with van der Waals surface area (Å²) < 4.78 is 20.5. The fraction of sp³-hybridized carbons (Fsp3) is 0.348. The van der Waals surface area contributed by atoms with Crippen LogP contribution in [0.4, 0.5) is 15.8 Å². The smallest absolute Gasteiger partial charge is 0.257 e. The van der Waals surface area contributed by atoms with Crippen LogP contribution in [0.25, 0.3) is 16.6 Å². The number of rotatable bonds is 6. The van der Waals surface area contributed by atoms with Crippen molar-refractivity contribution in [1.29, 1.82) is 0 Å². The molecule has 1 amide bonds. The Morgan fingerprint density at radius 3 is 2.91 bits per heavy atom. The number of fused-ring (bicyclic) bond motifs is 2. The number of halogens is 1. The molecule has 0 spiro atoms. The van der Waals surface area contributed by atoms with Crippen molar-refractivity contribution in [1.82, 2.24) is 19.1 Å². The summed E-state index contributed by atoms with van der Waals surface area (Å²) in [5.74, 6) is -0.827. The van der Waals surface area contributed by atoms with Crippen molar-refractivity contribution in [2.24, 2.45) is 0 Å². The SMILES string of the molecule is Cc1cn2cc(NC(=O)c3ccc(N4CCC(NCCO)CC4)c4csnc34)cc(F)c2n1. The van der Waals surface area contributed by atoms with Crippen LogP contribution < -0.4 is 15.5 Å². The molecule has 5 rings (SSSR count). The van der Waals surface area contributed by atoms with Gasteiger partial charge in [-0.25, -0.2) is 9.37 Å². The molecule has 0 unspecified atom stereocenters. The maximum atomic E-state index is 14.4. The third kappa shape index (κ3) is 4.29. The van der Waals surface area contributed by atoms with Crippen LogP contribution in [0.2, 0.25) is 0 Å². The number of pyridine rings is 1. The molecule has 0 saturated carbocycles. The molecule has 1 aliphatic rings. The summed E-state index contributed by atoms with van der Waals surface area (Å²) in [5.41, 5.74) is 3.45. The third-order valence-electron chi connectivity index (χ3n) is 6.02. The normalized spacial score (nSPS) is 14.9. The number of amides is 1. The fourth-order valence-electron chi connectivity index (χ4n) is 4.44. The highest BCUT2D eigenvalue weighted by molar-refractivity contribution is 7.05. The Hall–Kier alpha value is -3.08. The molecule has 8 nitrogen and oxygen atoms in total. The van der Waals surface area contributed by atoms with Gasteiger partial charge in [-0.05, 0) is 43.4 Å². The van der Waals surface area contributed by atoms with E-state index >= 15 is 0 Å². The molecule has 0 bridgehead atoms. The van der Waals surface area contributed by atoms with E-state index in [2.05, 4.69) is 24.9 Å². The number of nitrogens with zero attached hydrogens (tertiary/aromatic N) is 4. The Bertz CT molecular complexity index is 1310. The van der Waals surface area contributed by atoms with Gasteiger partial charge in [0.05, 0.1) is 29.1 Å². The van der Waals surface area contributed by atoms with Crippen molar-refractivity contribution < 1.29 is 14.3 Å². The molecule has 0 atom stereocenters. The molecule has 1 aliphatic heterocycles. The summed E-state index contributed by atoms with van der Waals surface area (Å²) in [6.45, 7) is 4.34. The number of aliphatic hydroxyl groups excluding tert-OH is 1. The summed E-state index contributed by atoms with van der Waals surface area (Å²) >= 11 is 1.32. The van der Waals surface area contributed by atoms with Gasteiger partial charge < -0.3 is 25.0 Å². The van der Waals surface area contributed by atoms with E-state index in [1.165, 1.54) is 17.6 Å². The van der Waals surface area contributed by atoms with Crippen molar-refractivity contribution in [3.63, 3.8) is 0 Å². The lowest BCUT2D eigenvalue weighted by Crippen LogP contribution is -2.43. The highest BCUT2D eigenvalue weighted by atomic mass is 32.1. The molecule has 3 N–H and O–H groups in total. The van der Waals surface area contributed by atoms with Gasteiger partial charge in [0.2, 0.25) is 0 Å². The number of nitrogens with one attached hydrogen (secondary N) is 2. The highest BCUT2D eigenvalue weighted by Gasteiger charge is 2.23. The van der Waals surface area contributed by atoms with Gasteiger partial charge in [-0.1, -0.05) is 0 Å². The van der Waals surface area contributed by atoms with Gasteiger partial charge in [-0.3, -0.25) is 4.79 Å². The van der Waals surface area contributed by atoms with Crippen molar-refractivity contribution in [2.45, 2.75) is 25.8 Å². The molecular weight excluding hydrogens is 443 g/mol. The van der Waals surface area contributed by atoms with Gasteiger partial charge in [0.15, 0.2) is 11.5 Å². The van der Waals surface area contributed by atoms with Gasteiger partial charge in [-0.15, -0.1) is 0 Å². The average molecular weight is 469 g/mol. The number of aromatic nitrogens is 3. The number of carbonyl (C=O) groups excluding carboxylic acids is 1. The summed E-state index contributed by atoms with van der Waals surface area (Å²) in [5, 5.41) is 18.1. The van der Waals surface area contributed by atoms with Gasteiger partial charge in [-0.2, -0.15) is 4.37 Å². The fourth-order valence-corrected chi connectivity index (χ4v) is 5.13. The molecule has 33 heavy (non-hydrogen) atoms. The van der Waals surface area contributed by atoms with Crippen LogP contribution in [-0.2, 0) is 0 Å². The van der Waals surface area contributed by atoms with E-state index in [-0.39, 0.29) is 18.2 Å². The van der Waals surface area contributed by atoms with E-state index in [9.17, 15) is 9.18 Å². The first kappa shape index (κ1) is 21.7. The standard InChI is InChI=1S/C23H25FN6O2S/c1-14-11-30-12-16(10-19(24)22(30)26-14)27-23(32)17-2-3-20(18-13-33-28-21(17)18)29-7-4-15(5-8-29)25-6-9-31/h2-3,10-13,15,25,31H,4-9H2,1H3,(H,27,32). The predicted octanol–water partition coefficient (Wildman–Crippen LogP) is 3.19. The monoisotopic (exact) mass is 468 g/mol. The molecule has 3 aromatic heterocycles. The van der Waals surface area contributed by atoms with E-state index in [0.717, 1.165) is 37.0 Å². The Morgan fingerprint density at radius 1 is 1.30 bits per heavy atom. The summed E-state index contributed by atoms with van der Waals surface area (Å²) in [6.07, 6.45) is 5.34. The lowest BCUT2D eigenvalue weighted by atomic mass is 10.0. The molecule has 1 saturated heterocycles. The van der Waals surface area contributed by atoms with Crippen molar-refractivity contribution in [2.75, 3.05) is 36.5 Å². The van der Waals surface area contributed by atoms with Gasteiger partial charge in [0.1, 0.15) is 0 Å². The number of aryl methyl sites for hydroxylation is 1. The van der Waals surface area contributed by atoms with E-state index in [0.29, 0.717) is 35.0 Å². The largest absolute Gasteiger partial charge is 0.395 e. The third-order valence-corrected chi connectivity index (χ3v) is 6.65. The number of benzene rings is 1. The first-order valence-corrected chi connectivity index (χ1v) is 11.8. The first-order valence-electron chi connectivity index (χ1n) is 11.0. The number of hydrogen-bond donors (Lipinski definition) is 3. The molecular formula is C23H25FN6O2S. The minimum absolute atomic E-state index is 0.146. The van der Waals surface area contributed by atoms with Crippen LogP contribution >= 0.6 is 11.5 Å². The second-order valence-corrected chi connectivity index (χ2v) is 8.92. The molecule has 172 valence electrons. The Kier molecular flexibility index (Phi) is 5.96. The van der Waals surface area contributed by atoms with Crippen LogP contribution in [0, 0.1) is 12.7 Å². The van der Waals surface area contributed by atoms with E-state index in [1.807, 2.05) is 11.4 Å². The quantitative estimate of drug-likeness (QED) is 0.402. The minimum atomic E-state index is -0.494. The maximum Gasteiger partial charge on any atom is 0.257 e. The highest BCUT2D eigenvalue weighted by Crippen LogP contribution is 2.32. The van der Waals surface area contributed by atoms with Crippen LogP contribution in [0.15, 0.2) is 36.0 Å². The lowest BCUT2D eigenvalue weighted by molar-refractivity contribution is 0.102. The molecule has 4 aromatic rings. The van der Waals surface area contributed by atoms with Gasteiger partial charge in [0, 0.05) is 60.6 Å². The number of imidazole rings is 1. The summed E-state index contributed by atoms with van der Waals surface area (Å²) in [6, 6.07) is 5.45. The number of aliphatic hydroxyl groups is 1. The molecule has 1 aromatic carbocycles. The van der Waals surface area contributed by atoms with Crippen molar-refractivity contribution >= 4 is 45.4 Å². The number of carbonyl (C=O) groups is 1. The first-order chi connectivity index (χ1) is 16.0. The Labute approximate surface area is 194 Å². The van der Waals surface area contributed by atoms with E-state index in [4.69, 9.17) is 5.11 Å². The molecule has 0 aliphatic carbocycles. The van der Waals surface area contributed by atoms with Gasteiger partial charge in [0.25, 0.3) is 5.91 Å². The number of hydrogen-bond acceptors (Lipinski definition) is 7. The summed E-state index contributed by atoms with van der Waals surface area (Å²) in [7, 11) is 0. The average Bonchev–Trinajstić information content (AvgIpc) is 3.44. The van der Waals surface area contributed by atoms with Crippen LogP contribution in [0.1, 0.15) is 28.9 Å². The zero-order valence-corrected chi connectivity index (χ0v) is 19.0. The number of anilines is 2. The van der Waals surface area contributed by atoms with Crippen molar-refractivity contribution in [3.8, 4) is 0 Å².